The second-order valence-corrected chi connectivity index (χ2v) is 6.88. The van der Waals surface area contributed by atoms with Crippen molar-refractivity contribution in [1.29, 1.82) is 0 Å². The summed E-state index contributed by atoms with van der Waals surface area (Å²) in [6.07, 6.45) is 0. The van der Waals surface area contributed by atoms with Crippen LogP contribution in [0.1, 0.15) is 36.8 Å². The van der Waals surface area contributed by atoms with E-state index in [-0.39, 0.29) is 0 Å². The van der Waals surface area contributed by atoms with Crippen molar-refractivity contribution < 1.29 is 9.59 Å². The van der Waals surface area contributed by atoms with Gasteiger partial charge in [0.15, 0.2) is 0 Å². The number of hydrogen-bond acceptors (Lipinski definition) is 3. The zero-order valence-corrected chi connectivity index (χ0v) is 16.2. The van der Waals surface area contributed by atoms with Crippen molar-refractivity contribution in [3.05, 3.63) is 59.8 Å². The van der Waals surface area contributed by atoms with Gasteiger partial charge in [-0.05, 0) is 58.0 Å². The molecule has 0 atom stereocenters. The van der Waals surface area contributed by atoms with Gasteiger partial charge >= 0.3 is 0 Å². The van der Waals surface area contributed by atoms with Gasteiger partial charge in [0.2, 0.25) is 0 Å². The maximum atomic E-state index is 12.7. The highest BCUT2D eigenvalue weighted by atomic mass is 16.2. The molecule has 1 heterocycles. The molecule has 5 heteroatoms. The Balaban J connectivity index is 1.79. The van der Waals surface area contributed by atoms with Gasteiger partial charge in [-0.25, -0.2) is 0 Å². The summed E-state index contributed by atoms with van der Waals surface area (Å²) < 4.78 is 0. The number of H-pyrrole nitrogens is 1. The van der Waals surface area contributed by atoms with Crippen LogP contribution in [0.4, 0.5) is 11.4 Å². The second kappa shape index (κ2) is 7.66. The summed E-state index contributed by atoms with van der Waals surface area (Å²) >= 11 is 0. The van der Waals surface area contributed by atoms with Crippen molar-refractivity contribution in [2.24, 2.45) is 0 Å². The molecular formula is C22H25N3O2. The van der Waals surface area contributed by atoms with E-state index in [0.717, 1.165) is 23.1 Å². The number of rotatable bonds is 6. The quantitative estimate of drug-likeness (QED) is 0.499. The largest absolute Gasteiger partial charge is 0.369 e. The van der Waals surface area contributed by atoms with E-state index in [1.807, 2.05) is 48.5 Å². The molecule has 2 N–H and O–H groups in total. The van der Waals surface area contributed by atoms with Gasteiger partial charge in [-0.1, -0.05) is 18.2 Å². The molecular weight excluding hydrogens is 338 g/mol. The Morgan fingerprint density at radius 1 is 1.07 bits per heavy atom. The highest BCUT2D eigenvalue weighted by Gasteiger charge is 2.22. The van der Waals surface area contributed by atoms with Crippen molar-refractivity contribution >= 4 is 34.0 Å². The lowest BCUT2D eigenvalue weighted by molar-refractivity contribution is -0.112. The molecule has 5 nitrogen and oxygen atoms in total. The number of nitrogens with zero attached hydrogens (tertiary/aromatic N) is 1. The molecule has 3 aromatic rings. The number of hydrogen-bond donors (Lipinski definition) is 2. The van der Waals surface area contributed by atoms with E-state index in [2.05, 4.69) is 36.0 Å². The number of aryl methyl sites for hydroxylation is 1. The van der Waals surface area contributed by atoms with Crippen LogP contribution in [0.2, 0.25) is 0 Å². The summed E-state index contributed by atoms with van der Waals surface area (Å²) in [5.41, 5.74) is 3.67. The van der Waals surface area contributed by atoms with Gasteiger partial charge in [-0.15, -0.1) is 0 Å². The first-order valence-electron chi connectivity index (χ1n) is 9.22. The summed E-state index contributed by atoms with van der Waals surface area (Å²) in [6.45, 7) is 9.10. The SMILES string of the molecule is CCN(c1ccc(NC(=O)C(=O)c2c(C)[nH]c3ccccc23)cc1)C(C)C. The van der Waals surface area contributed by atoms with Gasteiger partial charge in [0.05, 0.1) is 5.56 Å². The fourth-order valence-corrected chi connectivity index (χ4v) is 3.45. The standard InChI is InChI=1S/C22H25N3O2/c1-5-25(14(2)3)17-12-10-16(11-13-17)24-22(27)21(26)20-15(4)23-19-9-7-6-8-18(19)20/h6-14,23H,5H2,1-4H3,(H,24,27). The number of ketones is 1. The fourth-order valence-electron chi connectivity index (χ4n) is 3.45. The Kier molecular flexibility index (Phi) is 5.31. The molecule has 0 saturated heterocycles. The Labute approximate surface area is 159 Å². The number of carbonyl (C=O) groups is 2. The predicted molar refractivity (Wildman–Crippen MR) is 111 cm³/mol. The van der Waals surface area contributed by atoms with E-state index in [1.54, 1.807) is 6.92 Å². The van der Waals surface area contributed by atoms with Crippen molar-refractivity contribution in [3.8, 4) is 0 Å². The lowest BCUT2D eigenvalue weighted by Gasteiger charge is -2.27. The summed E-state index contributed by atoms with van der Waals surface area (Å²) in [4.78, 5) is 30.6. The Hall–Kier alpha value is -3.08. The van der Waals surface area contributed by atoms with Crippen LogP contribution in [0.5, 0.6) is 0 Å². The highest BCUT2D eigenvalue weighted by Crippen LogP contribution is 2.23. The highest BCUT2D eigenvalue weighted by molar-refractivity contribution is 6.48. The van der Waals surface area contributed by atoms with Crippen LogP contribution >= 0.6 is 0 Å². The molecule has 0 aliphatic rings. The molecule has 2 aromatic carbocycles. The summed E-state index contributed by atoms with van der Waals surface area (Å²) in [5, 5.41) is 3.48. The zero-order chi connectivity index (χ0) is 19.6. The van der Waals surface area contributed by atoms with Crippen LogP contribution in [-0.2, 0) is 4.79 Å². The molecule has 0 spiro atoms. The maximum absolute atomic E-state index is 12.7. The average molecular weight is 363 g/mol. The minimum Gasteiger partial charge on any atom is -0.369 e. The number of anilines is 2. The van der Waals surface area contributed by atoms with Gasteiger partial charge in [0, 0.05) is 40.6 Å². The summed E-state index contributed by atoms with van der Waals surface area (Å²) in [6, 6.07) is 15.5. The van der Waals surface area contributed by atoms with Crippen LogP contribution in [0, 0.1) is 6.92 Å². The third-order valence-electron chi connectivity index (χ3n) is 4.75. The van der Waals surface area contributed by atoms with Crippen LogP contribution in [0.3, 0.4) is 0 Å². The molecule has 0 saturated carbocycles. The van der Waals surface area contributed by atoms with E-state index in [9.17, 15) is 9.59 Å². The molecule has 0 unspecified atom stereocenters. The first-order valence-corrected chi connectivity index (χ1v) is 9.22. The molecule has 0 radical (unpaired) electrons. The number of benzene rings is 2. The summed E-state index contributed by atoms with van der Waals surface area (Å²) in [5.74, 6) is -1.17. The van der Waals surface area contributed by atoms with E-state index >= 15 is 0 Å². The molecule has 0 bridgehead atoms. The lowest BCUT2D eigenvalue weighted by atomic mass is 10.1. The Morgan fingerprint density at radius 3 is 2.37 bits per heavy atom. The monoisotopic (exact) mass is 363 g/mol. The molecule has 0 aliphatic heterocycles. The molecule has 1 amide bonds. The van der Waals surface area contributed by atoms with Gasteiger partial charge < -0.3 is 15.2 Å². The molecule has 0 aliphatic carbocycles. The minimum absolute atomic E-state index is 0.391. The normalized spacial score (nSPS) is 11.0. The van der Waals surface area contributed by atoms with E-state index in [1.165, 1.54) is 0 Å². The number of amides is 1. The third kappa shape index (κ3) is 3.72. The van der Waals surface area contributed by atoms with E-state index in [4.69, 9.17) is 0 Å². The van der Waals surface area contributed by atoms with E-state index in [0.29, 0.717) is 23.0 Å². The molecule has 1 aromatic heterocycles. The van der Waals surface area contributed by atoms with Crippen molar-refractivity contribution in [1.82, 2.24) is 4.98 Å². The Morgan fingerprint density at radius 2 is 1.74 bits per heavy atom. The number of aromatic nitrogens is 1. The lowest BCUT2D eigenvalue weighted by Crippen LogP contribution is -2.30. The van der Waals surface area contributed by atoms with Gasteiger partial charge in [0.25, 0.3) is 11.7 Å². The number of para-hydroxylation sites is 1. The van der Waals surface area contributed by atoms with Crippen LogP contribution < -0.4 is 10.2 Å². The van der Waals surface area contributed by atoms with Crippen LogP contribution in [-0.4, -0.2) is 29.3 Å². The number of Topliss-reactive ketones (excluding diaryl/α,β-unsaturated/α-hetero) is 1. The summed E-state index contributed by atoms with van der Waals surface area (Å²) in [7, 11) is 0. The van der Waals surface area contributed by atoms with E-state index < -0.39 is 11.7 Å². The number of nitrogens with one attached hydrogen (secondary N) is 2. The molecule has 140 valence electrons. The number of fused-ring (bicyclic) bond motifs is 1. The zero-order valence-electron chi connectivity index (χ0n) is 16.2. The Bertz CT molecular complexity index is 971. The topological polar surface area (TPSA) is 65.2 Å². The first-order chi connectivity index (χ1) is 12.9. The third-order valence-corrected chi connectivity index (χ3v) is 4.75. The smallest absolute Gasteiger partial charge is 0.296 e. The van der Waals surface area contributed by atoms with Crippen molar-refractivity contribution in [2.45, 2.75) is 33.7 Å². The van der Waals surface area contributed by atoms with Crippen molar-refractivity contribution in [2.75, 3.05) is 16.8 Å². The molecule has 0 fully saturated rings. The average Bonchev–Trinajstić information content (AvgIpc) is 2.98. The predicted octanol–water partition coefficient (Wildman–Crippen LogP) is 4.53. The number of aromatic amines is 1. The minimum atomic E-state index is -0.633. The van der Waals surface area contributed by atoms with Gasteiger partial charge in [0.1, 0.15) is 0 Å². The van der Waals surface area contributed by atoms with Gasteiger partial charge in [-0.3, -0.25) is 9.59 Å². The second-order valence-electron chi connectivity index (χ2n) is 6.88. The first kappa shape index (κ1) is 18.7. The van der Waals surface area contributed by atoms with Crippen molar-refractivity contribution in [3.63, 3.8) is 0 Å². The van der Waals surface area contributed by atoms with Crippen LogP contribution in [0.25, 0.3) is 10.9 Å². The molecule has 3 rings (SSSR count). The van der Waals surface area contributed by atoms with Crippen LogP contribution in [0.15, 0.2) is 48.5 Å². The molecule has 27 heavy (non-hydrogen) atoms. The fraction of sp³-hybridized carbons (Fsp3) is 0.273. The number of carbonyl (C=O) groups excluding carboxylic acids is 2. The van der Waals surface area contributed by atoms with Gasteiger partial charge in [-0.2, -0.15) is 0 Å². The maximum Gasteiger partial charge on any atom is 0.296 e.